The number of pyridine rings is 1. The van der Waals surface area contributed by atoms with Crippen LogP contribution in [0.4, 0.5) is 0 Å². The number of carbonyl (C=O) groups excluding carboxylic acids is 2. The van der Waals surface area contributed by atoms with Crippen LogP contribution in [0, 0.1) is 0 Å². The van der Waals surface area contributed by atoms with Crippen LogP contribution < -0.4 is 0 Å². The zero-order valence-electron chi connectivity index (χ0n) is 18.5. The molecule has 1 fully saturated rings. The lowest BCUT2D eigenvalue weighted by Gasteiger charge is -2.40. The minimum Gasteiger partial charge on any atom is -0.339 e. The fraction of sp³-hybridized carbons (Fsp3) is 0.296. The SMILES string of the molecule is CCN1CCN(C(=O)CCc2cccnc2)C(Cc2ccccc2-c2ccccc2)C1=O. The van der Waals surface area contributed by atoms with E-state index in [1.54, 1.807) is 17.3 Å². The largest absolute Gasteiger partial charge is 0.339 e. The van der Waals surface area contributed by atoms with Crippen molar-refractivity contribution in [3.8, 4) is 11.1 Å². The molecule has 5 heteroatoms. The Kier molecular flexibility index (Phi) is 6.95. The molecule has 5 nitrogen and oxygen atoms in total. The van der Waals surface area contributed by atoms with Gasteiger partial charge in [-0.05, 0) is 41.7 Å². The molecule has 0 saturated carbocycles. The molecular weight excluding hydrogens is 398 g/mol. The van der Waals surface area contributed by atoms with Gasteiger partial charge < -0.3 is 9.80 Å². The van der Waals surface area contributed by atoms with Gasteiger partial charge in [-0.2, -0.15) is 0 Å². The van der Waals surface area contributed by atoms with Gasteiger partial charge in [-0.1, -0.05) is 60.7 Å². The molecule has 3 aromatic rings. The highest BCUT2D eigenvalue weighted by atomic mass is 16.2. The van der Waals surface area contributed by atoms with Gasteiger partial charge in [-0.25, -0.2) is 0 Å². The summed E-state index contributed by atoms with van der Waals surface area (Å²) < 4.78 is 0. The highest BCUT2D eigenvalue weighted by Crippen LogP contribution is 2.27. The topological polar surface area (TPSA) is 53.5 Å². The van der Waals surface area contributed by atoms with E-state index in [2.05, 4.69) is 29.2 Å². The van der Waals surface area contributed by atoms with E-state index >= 15 is 0 Å². The van der Waals surface area contributed by atoms with E-state index in [9.17, 15) is 9.59 Å². The molecule has 1 aromatic heterocycles. The van der Waals surface area contributed by atoms with Crippen molar-refractivity contribution in [1.29, 1.82) is 0 Å². The monoisotopic (exact) mass is 427 g/mol. The number of aryl methyl sites for hydroxylation is 1. The van der Waals surface area contributed by atoms with Gasteiger partial charge in [0.2, 0.25) is 11.8 Å². The smallest absolute Gasteiger partial charge is 0.245 e. The van der Waals surface area contributed by atoms with Gasteiger partial charge in [0.05, 0.1) is 0 Å². The van der Waals surface area contributed by atoms with Crippen LogP contribution in [-0.4, -0.2) is 52.3 Å². The van der Waals surface area contributed by atoms with Crippen molar-refractivity contribution < 1.29 is 9.59 Å². The Morgan fingerprint density at radius 2 is 1.78 bits per heavy atom. The molecule has 2 heterocycles. The Bertz CT molecular complexity index is 1050. The molecular formula is C27H29N3O2. The maximum absolute atomic E-state index is 13.3. The van der Waals surface area contributed by atoms with Crippen molar-refractivity contribution in [2.24, 2.45) is 0 Å². The van der Waals surface area contributed by atoms with Crippen LogP contribution in [0.1, 0.15) is 24.5 Å². The molecule has 32 heavy (non-hydrogen) atoms. The lowest BCUT2D eigenvalue weighted by Crippen LogP contribution is -2.59. The third-order valence-corrected chi connectivity index (χ3v) is 6.15. The summed E-state index contributed by atoms with van der Waals surface area (Å²) in [6.07, 6.45) is 5.04. The number of hydrogen-bond donors (Lipinski definition) is 0. The summed E-state index contributed by atoms with van der Waals surface area (Å²) >= 11 is 0. The molecule has 1 saturated heterocycles. The number of carbonyl (C=O) groups is 2. The first-order valence-electron chi connectivity index (χ1n) is 11.3. The average molecular weight is 428 g/mol. The van der Waals surface area contributed by atoms with E-state index in [0.717, 1.165) is 22.3 Å². The van der Waals surface area contributed by atoms with Gasteiger partial charge in [-0.3, -0.25) is 14.6 Å². The summed E-state index contributed by atoms with van der Waals surface area (Å²) in [7, 11) is 0. The second-order valence-electron chi connectivity index (χ2n) is 8.11. The number of benzene rings is 2. The van der Waals surface area contributed by atoms with E-state index in [1.807, 2.05) is 54.3 Å². The molecule has 1 atom stereocenters. The van der Waals surface area contributed by atoms with Crippen molar-refractivity contribution in [2.75, 3.05) is 19.6 Å². The van der Waals surface area contributed by atoms with E-state index < -0.39 is 6.04 Å². The molecule has 0 aliphatic carbocycles. The van der Waals surface area contributed by atoms with Crippen LogP contribution in [-0.2, 0) is 22.4 Å². The summed E-state index contributed by atoms with van der Waals surface area (Å²) in [6.45, 7) is 3.81. The van der Waals surface area contributed by atoms with Crippen LogP contribution in [0.15, 0.2) is 79.1 Å². The Labute approximate surface area is 189 Å². The third kappa shape index (κ3) is 4.88. The summed E-state index contributed by atoms with van der Waals surface area (Å²) in [6, 6.07) is 21.8. The molecule has 0 radical (unpaired) electrons. The van der Waals surface area contributed by atoms with Gasteiger partial charge in [0.15, 0.2) is 0 Å². The van der Waals surface area contributed by atoms with Gasteiger partial charge in [0.1, 0.15) is 6.04 Å². The quantitative estimate of drug-likeness (QED) is 0.573. The molecule has 1 unspecified atom stereocenters. The second-order valence-corrected chi connectivity index (χ2v) is 8.11. The predicted molar refractivity (Wildman–Crippen MR) is 126 cm³/mol. The van der Waals surface area contributed by atoms with E-state index in [1.165, 1.54) is 0 Å². The molecule has 4 rings (SSSR count). The molecule has 1 aliphatic rings. The molecule has 1 aliphatic heterocycles. The maximum atomic E-state index is 13.3. The van der Waals surface area contributed by atoms with Gasteiger partial charge in [0, 0.05) is 44.9 Å². The number of likely N-dealkylation sites (N-methyl/N-ethyl adjacent to an activating group) is 1. The summed E-state index contributed by atoms with van der Waals surface area (Å²) in [5, 5.41) is 0. The van der Waals surface area contributed by atoms with E-state index in [0.29, 0.717) is 38.9 Å². The van der Waals surface area contributed by atoms with Gasteiger partial charge in [-0.15, -0.1) is 0 Å². The van der Waals surface area contributed by atoms with E-state index in [-0.39, 0.29) is 11.8 Å². The average Bonchev–Trinajstić information content (AvgIpc) is 2.85. The highest BCUT2D eigenvalue weighted by molar-refractivity contribution is 5.89. The van der Waals surface area contributed by atoms with Crippen LogP contribution >= 0.6 is 0 Å². The minimum absolute atomic E-state index is 0.0279. The first-order chi connectivity index (χ1) is 15.7. The van der Waals surface area contributed by atoms with Crippen LogP contribution in [0.3, 0.4) is 0 Å². The number of piperazine rings is 1. The molecule has 0 N–H and O–H groups in total. The lowest BCUT2D eigenvalue weighted by molar-refractivity contribution is -0.151. The van der Waals surface area contributed by atoms with E-state index in [4.69, 9.17) is 0 Å². The van der Waals surface area contributed by atoms with Crippen molar-refractivity contribution in [3.63, 3.8) is 0 Å². The summed E-state index contributed by atoms with van der Waals surface area (Å²) in [5.41, 5.74) is 4.34. The predicted octanol–water partition coefficient (Wildman–Crippen LogP) is 3.98. The highest BCUT2D eigenvalue weighted by Gasteiger charge is 2.36. The van der Waals surface area contributed by atoms with Gasteiger partial charge >= 0.3 is 0 Å². The number of rotatable bonds is 7. The van der Waals surface area contributed by atoms with Crippen LogP contribution in [0.5, 0.6) is 0 Å². The van der Waals surface area contributed by atoms with Crippen LogP contribution in [0.2, 0.25) is 0 Å². The first-order valence-corrected chi connectivity index (χ1v) is 11.3. The third-order valence-electron chi connectivity index (χ3n) is 6.15. The van der Waals surface area contributed by atoms with Crippen molar-refractivity contribution >= 4 is 11.8 Å². The zero-order valence-corrected chi connectivity index (χ0v) is 18.5. The van der Waals surface area contributed by atoms with Crippen LogP contribution in [0.25, 0.3) is 11.1 Å². The fourth-order valence-corrected chi connectivity index (χ4v) is 4.40. The summed E-state index contributed by atoms with van der Waals surface area (Å²) in [5.74, 6) is 0.0662. The molecule has 0 spiro atoms. The number of hydrogen-bond acceptors (Lipinski definition) is 3. The normalized spacial score (nSPS) is 16.3. The molecule has 0 bridgehead atoms. The van der Waals surface area contributed by atoms with Crippen molar-refractivity contribution in [1.82, 2.24) is 14.8 Å². The summed E-state index contributed by atoms with van der Waals surface area (Å²) in [4.78, 5) is 34.3. The lowest BCUT2D eigenvalue weighted by atomic mass is 9.93. The van der Waals surface area contributed by atoms with Crippen molar-refractivity contribution in [3.05, 3.63) is 90.3 Å². The minimum atomic E-state index is -0.477. The molecule has 2 aromatic carbocycles. The maximum Gasteiger partial charge on any atom is 0.245 e. The first kappa shape index (κ1) is 21.8. The molecule has 164 valence electrons. The Hall–Kier alpha value is -3.47. The Morgan fingerprint density at radius 3 is 2.53 bits per heavy atom. The Balaban J connectivity index is 1.57. The standard InChI is InChI=1S/C27H29N3O2/c1-2-29-17-18-30(26(31)15-14-21-9-8-16-28-20-21)25(27(29)32)19-23-12-6-7-13-24(23)22-10-4-3-5-11-22/h3-13,16,20,25H,2,14-15,17-19H2,1H3. The number of nitrogens with zero attached hydrogens (tertiary/aromatic N) is 3. The number of amides is 2. The zero-order chi connectivity index (χ0) is 22.3. The number of aromatic nitrogens is 1. The van der Waals surface area contributed by atoms with Gasteiger partial charge in [0.25, 0.3) is 0 Å². The van der Waals surface area contributed by atoms with Crippen molar-refractivity contribution in [2.45, 2.75) is 32.2 Å². The second kappa shape index (κ2) is 10.2. The Morgan fingerprint density at radius 1 is 1.00 bits per heavy atom. The fourth-order valence-electron chi connectivity index (χ4n) is 4.40. The molecule has 2 amide bonds.